The van der Waals surface area contributed by atoms with Gasteiger partial charge in [-0.2, -0.15) is 0 Å². The topological polar surface area (TPSA) is 58.5 Å². The number of rotatable bonds is 17. The zero-order chi connectivity index (χ0) is 27.4. The summed E-state index contributed by atoms with van der Waals surface area (Å²) < 4.78 is 0. The average Bonchev–Trinajstić information content (AvgIpc) is 2.91. The van der Waals surface area contributed by atoms with Crippen molar-refractivity contribution in [1.29, 1.82) is 0 Å². The summed E-state index contributed by atoms with van der Waals surface area (Å²) in [7, 11) is 4.19. The Hall–Kier alpha value is -3.50. The van der Waals surface area contributed by atoms with Crippen LogP contribution >= 0.6 is 0 Å². The normalized spacial score (nSPS) is 12.3. The minimum Gasteiger partial charge on any atom is -0.403 e. The zero-order valence-electron chi connectivity index (χ0n) is 23.0. The van der Waals surface area contributed by atoms with Crippen molar-refractivity contribution in [3.8, 4) is 0 Å². The van der Waals surface area contributed by atoms with Crippen molar-refractivity contribution < 1.29 is 0 Å². The van der Waals surface area contributed by atoms with Crippen molar-refractivity contribution in [3.05, 3.63) is 133 Å². The Kier molecular flexibility index (Phi) is 12.0. The van der Waals surface area contributed by atoms with Crippen molar-refractivity contribution in [1.82, 2.24) is 9.80 Å². The molecule has 198 valence electrons. The predicted octanol–water partition coefficient (Wildman–Crippen LogP) is 6.20. The van der Waals surface area contributed by atoms with E-state index in [1.54, 1.807) is 0 Å². The fourth-order valence-electron chi connectivity index (χ4n) is 4.49. The molecule has 2 aromatic carbocycles. The summed E-state index contributed by atoms with van der Waals surface area (Å²) in [5.41, 5.74) is 19.3. The third-order valence-corrected chi connectivity index (χ3v) is 7.15. The molecule has 0 saturated heterocycles. The Morgan fingerprint density at radius 1 is 0.649 bits per heavy atom. The first-order chi connectivity index (χ1) is 17.6. The highest BCUT2D eigenvalue weighted by Crippen LogP contribution is 2.26. The van der Waals surface area contributed by atoms with Gasteiger partial charge in [0.2, 0.25) is 0 Å². The van der Waals surface area contributed by atoms with Gasteiger partial charge in [-0.05, 0) is 55.2 Å². The van der Waals surface area contributed by atoms with Crippen LogP contribution in [-0.4, -0.2) is 42.5 Å². The lowest BCUT2D eigenvalue weighted by atomic mass is 9.93. The molecule has 0 aliphatic carbocycles. The number of benzene rings is 2. The molecule has 2 rings (SSSR count). The van der Waals surface area contributed by atoms with Gasteiger partial charge >= 0.3 is 0 Å². The van der Waals surface area contributed by atoms with Gasteiger partial charge in [-0.25, -0.2) is 0 Å². The van der Waals surface area contributed by atoms with E-state index in [0.29, 0.717) is 12.2 Å². The Morgan fingerprint density at radius 3 is 1.46 bits per heavy atom. The summed E-state index contributed by atoms with van der Waals surface area (Å²) >= 11 is 0. The molecule has 0 heterocycles. The summed E-state index contributed by atoms with van der Waals surface area (Å²) in [6.45, 7) is 21.8. The van der Waals surface area contributed by atoms with Crippen LogP contribution < -0.4 is 11.5 Å². The van der Waals surface area contributed by atoms with E-state index in [1.807, 2.05) is 12.1 Å². The van der Waals surface area contributed by atoms with E-state index in [9.17, 15) is 0 Å². The van der Waals surface area contributed by atoms with Gasteiger partial charge in [-0.3, -0.25) is 0 Å². The number of nitrogens with zero attached hydrogens (tertiary/aromatic N) is 2. The van der Waals surface area contributed by atoms with E-state index < -0.39 is 0 Å². The molecular weight excluding hydrogens is 452 g/mol. The minimum atomic E-state index is 0.0973. The van der Waals surface area contributed by atoms with Crippen LogP contribution in [0.5, 0.6) is 0 Å². The van der Waals surface area contributed by atoms with E-state index in [-0.39, 0.29) is 12.1 Å². The summed E-state index contributed by atoms with van der Waals surface area (Å²) in [5, 5.41) is 0. The highest BCUT2D eigenvalue weighted by Gasteiger charge is 2.23. The minimum absolute atomic E-state index is 0.0973. The first-order valence-corrected chi connectivity index (χ1v) is 13.0. The first kappa shape index (κ1) is 29.7. The van der Waals surface area contributed by atoms with E-state index >= 15 is 0 Å². The lowest BCUT2D eigenvalue weighted by Gasteiger charge is -2.35. The van der Waals surface area contributed by atoms with Gasteiger partial charge in [0, 0.05) is 37.7 Å². The van der Waals surface area contributed by atoms with Crippen LogP contribution in [0.1, 0.15) is 36.8 Å². The zero-order valence-corrected chi connectivity index (χ0v) is 23.0. The van der Waals surface area contributed by atoms with Crippen molar-refractivity contribution >= 4 is 0 Å². The maximum atomic E-state index is 6.01. The second-order valence-corrected chi connectivity index (χ2v) is 9.94. The van der Waals surface area contributed by atoms with Gasteiger partial charge in [0.05, 0.1) is 12.1 Å². The number of allylic oxidation sites excluding steroid dienone is 3. The Morgan fingerprint density at radius 2 is 1.05 bits per heavy atom. The molecule has 0 saturated carbocycles. The molecule has 37 heavy (non-hydrogen) atoms. The molecule has 0 spiro atoms. The molecule has 0 aliphatic rings. The fraction of sp³-hybridized carbons (Fsp3) is 0.333. The molecule has 4 nitrogen and oxygen atoms in total. The lowest BCUT2D eigenvalue weighted by Crippen LogP contribution is -2.37. The lowest BCUT2D eigenvalue weighted by molar-refractivity contribution is 0.310. The number of likely N-dealkylation sites (N-methyl/N-ethyl adjacent to an activating group) is 2. The van der Waals surface area contributed by atoms with E-state index in [2.05, 4.69) is 105 Å². The molecule has 0 aromatic heterocycles. The van der Waals surface area contributed by atoms with Crippen molar-refractivity contribution in [2.45, 2.75) is 50.6 Å². The molecule has 2 unspecified atom stereocenters. The summed E-state index contributed by atoms with van der Waals surface area (Å²) in [6.07, 6.45) is 4.85. The largest absolute Gasteiger partial charge is 0.403 e. The Balaban J connectivity index is 2.11. The molecule has 4 heteroatoms. The van der Waals surface area contributed by atoms with Crippen LogP contribution in [0.2, 0.25) is 0 Å². The average molecular weight is 499 g/mol. The van der Waals surface area contributed by atoms with Crippen molar-refractivity contribution in [2.75, 3.05) is 20.6 Å². The Labute approximate surface area is 225 Å². The number of nitrogens with two attached hydrogens (primary N) is 2. The summed E-state index contributed by atoms with van der Waals surface area (Å²) in [4.78, 5) is 4.48. The molecular formula is C33H46N4. The van der Waals surface area contributed by atoms with Crippen LogP contribution in [0.4, 0.5) is 0 Å². The maximum Gasteiger partial charge on any atom is 0.0545 e. The molecule has 2 atom stereocenters. The van der Waals surface area contributed by atoms with Gasteiger partial charge in [0.15, 0.2) is 0 Å². The SMILES string of the molecule is C=C(N)CCC(=C)N(C)C(Cc1ccccc1)C(=C)CCC(=C)N(C)C(Cc1ccccc1)C(=C)CN. The monoisotopic (exact) mass is 498 g/mol. The van der Waals surface area contributed by atoms with Gasteiger partial charge in [-0.15, -0.1) is 0 Å². The quantitative estimate of drug-likeness (QED) is 0.255. The van der Waals surface area contributed by atoms with Crippen LogP contribution in [0.15, 0.2) is 122 Å². The predicted molar refractivity (Wildman–Crippen MR) is 161 cm³/mol. The highest BCUT2D eigenvalue weighted by atomic mass is 15.1. The molecule has 0 aliphatic heterocycles. The van der Waals surface area contributed by atoms with Crippen molar-refractivity contribution in [3.63, 3.8) is 0 Å². The second-order valence-electron chi connectivity index (χ2n) is 9.94. The summed E-state index contributed by atoms with van der Waals surface area (Å²) in [5.74, 6) is 0. The Bertz CT molecular complexity index is 1050. The molecule has 0 fully saturated rings. The number of hydrogen-bond acceptors (Lipinski definition) is 4. The molecule has 2 aromatic rings. The smallest absolute Gasteiger partial charge is 0.0545 e. The fourth-order valence-corrected chi connectivity index (χ4v) is 4.49. The molecule has 0 bridgehead atoms. The molecule has 0 radical (unpaired) electrons. The van der Waals surface area contributed by atoms with E-state index in [4.69, 9.17) is 11.5 Å². The maximum absolute atomic E-state index is 6.01. The second kappa shape index (κ2) is 14.9. The first-order valence-electron chi connectivity index (χ1n) is 13.0. The van der Waals surface area contributed by atoms with Crippen LogP contribution in [0, 0.1) is 0 Å². The third-order valence-electron chi connectivity index (χ3n) is 7.15. The van der Waals surface area contributed by atoms with Gasteiger partial charge < -0.3 is 21.3 Å². The van der Waals surface area contributed by atoms with Gasteiger partial charge in [-0.1, -0.05) is 99.1 Å². The van der Waals surface area contributed by atoms with Crippen LogP contribution in [0.3, 0.4) is 0 Å². The number of hydrogen-bond donors (Lipinski definition) is 2. The standard InChI is InChI=1S/C33H46N4/c1-25(32(22-30-14-10-8-11-15-30)36(6)29(5)21-19-27(3)35)18-20-28(4)37(7)33(26(2)24-34)23-31-16-12-9-13-17-31/h8-17,32-33H,1-5,18-24,34-35H2,6-7H3. The van der Waals surface area contributed by atoms with E-state index in [0.717, 1.165) is 61.1 Å². The van der Waals surface area contributed by atoms with Crippen molar-refractivity contribution in [2.24, 2.45) is 11.5 Å². The summed E-state index contributed by atoms with van der Waals surface area (Å²) in [6, 6.07) is 21.2. The van der Waals surface area contributed by atoms with Gasteiger partial charge in [0.25, 0.3) is 0 Å². The third kappa shape index (κ3) is 9.47. The van der Waals surface area contributed by atoms with E-state index in [1.165, 1.54) is 11.1 Å². The van der Waals surface area contributed by atoms with Crippen LogP contribution in [-0.2, 0) is 12.8 Å². The molecule has 4 N–H and O–H groups in total. The van der Waals surface area contributed by atoms with Crippen LogP contribution in [0.25, 0.3) is 0 Å². The highest BCUT2D eigenvalue weighted by molar-refractivity contribution is 5.24. The van der Waals surface area contributed by atoms with Gasteiger partial charge in [0.1, 0.15) is 0 Å². The molecule has 0 amide bonds.